The van der Waals surface area contributed by atoms with E-state index < -0.39 is 0 Å². The van der Waals surface area contributed by atoms with Crippen molar-refractivity contribution in [3.8, 4) is 11.3 Å². The molecule has 2 fully saturated rings. The number of aromatic nitrogens is 3. The second-order valence-electron chi connectivity index (χ2n) is 8.22. The van der Waals surface area contributed by atoms with Crippen LogP contribution in [0.4, 0.5) is 11.5 Å². The molecule has 0 aliphatic carbocycles. The van der Waals surface area contributed by atoms with Crippen LogP contribution in [0.3, 0.4) is 0 Å². The highest BCUT2D eigenvalue weighted by atomic mass is 79.9. The van der Waals surface area contributed by atoms with Gasteiger partial charge in [-0.3, -0.25) is 14.6 Å². The second-order valence-corrected chi connectivity index (χ2v) is 9.13. The Hall–Kier alpha value is -3.33. The first kappa shape index (κ1) is 21.5. The minimum atomic E-state index is -0.304. The Morgan fingerprint density at radius 2 is 1.85 bits per heavy atom. The molecule has 8 nitrogen and oxygen atoms in total. The maximum absolute atomic E-state index is 13.1. The molecule has 33 heavy (non-hydrogen) atoms. The third kappa shape index (κ3) is 4.59. The number of amides is 2. The van der Waals surface area contributed by atoms with Crippen LogP contribution in [0.15, 0.2) is 65.4 Å². The lowest BCUT2D eigenvalue weighted by molar-refractivity contribution is -0.136. The van der Waals surface area contributed by atoms with E-state index in [1.165, 1.54) is 0 Å². The van der Waals surface area contributed by atoms with E-state index in [0.29, 0.717) is 32.7 Å². The molecule has 0 N–H and O–H groups in total. The molecule has 3 aromatic rings. The predicted molar refractivity (Wildman–Crippen MR) is 129 cm³/mol. The van der Waals surface area contributed by atoms with Crippen LogP contribution >= 0.6 is 15.9 Å². The fraction of sp³-hybridized carbons (Fsp3) is 0.292. The maximum Gasteiger partial charge on any atom is 0.228 e. The average Bonchev–Trinajstić information content (AvgIpc) is 3.26. The summed E-state index contributed by atoms with van der Waals surface area (Å²) in [7, 11) is 0. The van der Waals surface area contributed by atoms with Crippen LogP contribution in [-0.2, 0) is 9.59 Å². The van der Waals surface area contributed by atoms with Gasteiger partial charge in [0.1, 0.15) is 0 Å². The standard InChI is InChI=1S/C24H23BrN6O2/c25-19-4-1-5-20(14-19)31-16-18(13-23(31)32)24(33)30-11-9-29(10-12-30)22-7-6-21(27-28-22)17-3-2-8-26-15-17/h1-8,14-15,18H,9-13,16H2. The summed E-state index contributed by atoms with van der Waals surface area (Å²) in [5.74, 6) is 0.542. The van der Waals surface area contributed by atoms with E-state index in [1.54, 1.807) is 17.3 Å². The molecule has 2 aromatic heterocycles. The van der Waals surface area contributed by atoms with Gasteiger partial charge in [-0.25, -0.2) is 0 Å². The van der Waals surface area contributed by atoms with Crippen LogP contribution in [0.2, 0.25) is 0 Å². The van der Waals surface area contributed by atoms with Crippen molar-refractivity contribution in [1.29, 1.82) is 0 Å². The second kappa shape index (κ2) is 9.27. The minimum Gasteiger partial charge on any atom is -0.352 e. The van der Waals surface area contributed by atoms with Crippen LogP contribution < -0.4 is 9.80 Å². The van der Waals surface area contributed by atoms with E-state index in [2.05, 4.69) is 36.0 Å². The quantitative estimate of drug-likeness (QED) is 0.540. The van der Waals surface area contributed by atoms with Gasteiger partial charge in [-0.15, -0.1) is 10.2 Å². The normalized spacial score (nSPS) is 18.6. The zero-order chi connectivity index (χ0) is 22.8. The van der Waals surface area contributed by atoms with Crippen molar-refractivity contribution in [1.82, 2.24) is 20.1 Å². The van der Waals surface area contributed by atoms with Gasteiger partial charge in [0.25, 0.3) is 0 Å². The molecule has 0 saturated carbocycles. The molecular weight excluding hydrogens is 484 g/mol. The summed E-state index contributed by atoms with van der Waals surface area (Å²) in [6.07, 6.45) is 3.75. The van der Waals surface area contributed by atoms with Crippen molar-refractivity contribution in [2.45, 2.75) is 6.42 Å². The zero-order valence-corrected chi connectivity index (χ0v) is 19.6. The number of halogens is 1. The van der Waals surface area contributed by atoms with E-state index in [0.717, 1.165) is 27.2 Å². The Kier molecular flexibility index (Phi) is 6.04. The van der Waals surface area contributed by atoms with Crippen molar-refractivity contribution < 1.29 is 9.59 Å². The lowest BCUT2D eigenvalue weighted by Crippen LogP contribution is -2.51. The van der Waals surface area contributed by atoms with Gasteiger partial charge >= 0.3 is 0 Å². The molecule has 2 amide bonds. The van der Waals surface area contributed by atoms with E-state index in [-0.39, 0.29) is 24.2 Å². The number of carbonyl (C=O) groups excluding carboxylic acids is 2. The molecule has 4 heterocycles. The molecule has 5 rings (SSSR count). The highest BCUT2D eigenvalue weighted by Gasteiger charge is 2.38. The highest BCUT2D eigenvalue weighted by Crippen LogP contribution is 2.28. The Morgan fingerprint density at radius 1 is 1.00 bits per heavy atom. The minimum absolute atomic E-state index is 0.00549. The van der Waals surface area contributed by atoms with E-state index >= 15 is 0 Å². The van der Waals surface area contributed by atoms with Gasteiger partial charge in [0, 0.05) is 67.3 Å². The number of piperazine rings is 1. The van der Waals surface area contributed by atoms with E-state index in [9.17, 15) is 9.59 Å². The number of pyridine rings is 1. The molecule has 2 aliphatic heterocycles. The van der Waals surface area contributed by atoms with Crippen molar-refractivity contribution in [3.63, 3.8) is 0 Å². The smallest absolute Gasteiger partial charge is 0.228 e. The monoisotopic (exact) mass is 506 g/mol. The van der Waals surface area contributed by atoms with Crippen molar-refractivity contribution >= 4 is 39.2 Å². The molecule has 2 saturated heterocycles. The SMILES string of the molecule is O=C(C1CC(=O)N(c2cccc(Br)c2)C1)N1CCN(c2ccc(-c3cccnc3)nn2)CC1. The van der Waals surface area contributed by atoms with Crippen LogP contribution in [0.5, 0.6) is 0 Å². The van der Waals surface area contributed by atoms with Gasteiger partial charge in [0.15, 0.2) is 5.82 Å². The van der Waals surface area contributed by atoms with Crippen LogP contribution in [0.25, 0.3) is 11.3 Å². The van der Waals surface area contributed by atoms with Crippen LogP contribution in [0, 0.1) is 5.92 Å². The Labute approximate surface area is 200 Å². The summed E-state index contributed by atoms with van der Waals surface area (Å²) in [5, 5.41) is 8.71. The fourth-order valence-corrected chi connectivity index (χ4v) is 4.73. The molecule has 0 bridgehead atoms. The topological polar surface area (TPSA) is 82.5 Å². The highest BCUT2D eigenvalue weighted by molar-refractivity contribution is 9.10. The summed E-state index contributed by atoms with van der Waals surface area (Å²) in [4.78, 5) is 35.5. The third-order valence-corrected chi connectivity index (χ3v) is 6.61. The van der Waals surface area contributed by atoms with Crippen molar-refractivity contribution in [2.24, 2.45) is 5.92 Å². The summed E-state index contributed by atoms with van der Waals surface area (Å²) in [5.41, 5.74) is 2.53. The molecule has 1 unspecified atom stereocenters. The maximum atomic E-state index is 13.1. The van der Waals surface area contributed by atoms with Gasteiger partial charge < -0.3 is 14.7 Å². The third-order valence-electron chi connectivity index (χ3n) is 6.12. The number of carbonyl (C=O) groups is 2. The zero-order valence-electron chi connectivity index (χ0n) is 18.0. The molecule has 0 spiro atoms. The molecule has 1 atom stereocenters. The Balaban J connectivity index is 1.18. The molecule has 2 aliphatic rings. The number of anilines is 2. The van der Waals surface area contributed by atoms with Gasteiger partial charge in [-0.1, -0.05) is 22.0 Å². The Morgan fingerprint density at radius 3 is 2.55 bits per heavy atom. The number of nitrogens with zero attached hydrogens (tertiary/aromatic N) is 6. The van der Waals surface area contributed by atoms with Crippen molar-refractivity contribution in [2.75, 3.05) is 42.5 Å². The summed E-state index contributed by atoms with van der Waals surface area (Å²) >= 11 is 3.45. The molecular formula is C24H23BrN6O2. The molecule has 1 aromatic carbocycles. The molecule has 168 valence electrons. The lowest BCUT2D eigenvalue weighted by Gasteiger charge is -2.36. The van der Waals surface area contributed by atoms with Crippen LogP contribution in [-0.4, -0.2) is 64.6 Å². The van der Waals surface area contributed by atoms with Gasteiger partial charge in [-0.05, 0) is 42.5 Å². The van der Waals surface area contributed by atoms with Gasteiger partial charge in [0.05, 0.1) is 11.6 Å². The Bertz CT molecular complexity index is 1150. The number of rotatable bonds is 4. The number of hydrogen-bond donors (Lipinski definition) is 0. The molecule has 0 radical (unpaired) electrons. The molecule has 9 heteroatoms. The first-order chi connectivity index (χ1) is 16.1. The average molecular weight is 507 g/mol. The summed E-state index contributed by atoms with van der Waals surface area (Å²) < 4.78 is 0.912. The van der Waals surface area contributed by atoms with E-state index in [1.807, 2.05) is 53.4 Å². The number of hydrogen-bond acceptors (Lipinski definition) is 6. The lowest BCUT2D eigenvalue weighted by atomic mass is 10.1. The largest absolute Gasteiger partial charge is 0.352 e. The summed E-state index contributed by atoms with van der Waals surface area (Å²) in [6.45, 7) is 3.00. The van der Waals surface area contributed by atoms with E-state index in [4.69, 9.17) is 0 Å². The van der Waals surface area contributed by atoms with Gasteiger partial charge in [0.2, 0.25) is 11.8 Å². The first-order valence-corrected chi connectivity index (χ1v) is 11.7. The summed E-state index contributed by atoms with van der Waals surface area (Å²) in [6, 6.07) is 15.3. The fourth-order valence-electron chi connectivity index (χ4n) is 4.34. The van der Waals surface area contributed by atoms with Gasteiger partial charge in [-0.2, -0.15) is 0 Å². The first-order valence-electron chi connectivity index (χ1n) is 10.9. The predicted octanol–water partition coefficient (Wildman–Crippen LogP) is 3.00. The van der Waals surface area contributed by atoms with Crippen molar-refractivity contribution in [3.05, 3.63) is 65.4 Å². The van der Waals surface area contributed by atoms with Crippen LogP contribution in [0.1, 0.15) is 6.42 Å². The number of benzene rings is 1.